The minimum absolute atomic E-state index is 0.158. The van der Waals surface area contributed by atoms with Crippen LogP contribution in [-0.2, 0) is 4.74 Å². The standard InChI is InChI=1S/C16H16ClNO2S/c1-16(2,14(18)13-4-3-9-21-13)10-20-15(19)11-5-7-12(17)8-6-11/h3-9,18H,10H2,1-2H3. The quantitative estimate of drug-likeness (QED) is 0.643. The molecule has 2 rings (SSSR count). The zero-order valence-corrected chi connectivity index (χ0v) is 13.4. The summed E-state index contributed by atoms with van der Waals surface area (Å²) in [6.45, 7) is 3.94. The summed E-state index contributed by atoms with van der Waals surface area (Å²) in [5, 5.41) is 10.7. The summed E-state index contributed by atoms with van der Waals surface area (Å²) in [5.41, 5.74) is 0.395. The third-order valence-electron chi connectivity index (χ3n) is 3.09. The van der Waals surface area contributed by atoms with Crippen molar-refractivity contribution >= 4 is 34.6 Å². The van der Waals surface area contributed by atoms with Gasteiger partial charge in [0.1, 0.15) is 6.61 Å². The Bertz CT molecular complexity index is 633. The van der Waals surface area contributed by atoms with Crippen LogP contribution in [0.4, 0.5) is 0 Å². The second kappa shape index (κ2) is 6.41. The van der Waals surface area contributed by atoms with E-state index in [2.05, 4.69) is 0 Å². The van der Waals surface area contributed by atoms with E-state index < -0.39 is 11.4 Å². The summed E-state index contributed by atoms with van der Waals surface area (Å²) in [7, 11) is 0. The first-order valence-corrected chi connectivity index (χ1v) is 7.71. The van der Waals surface area contributed by atoms with E-state index in [9.17, 15) is 4.79 Å². The molecule has 1 aromatic heterocycles. The van der Waals surface area contributed by atoms with Crippen molar-refractivity contribution in [3.8, 4) is 0 Å². The molecule has 3 nitrogen and oxygen atoms in total. The van der Waals surface area contributed by atoms with Crippen LogP contribution in [0, 0.1) is 10.8 Å². The highest BCUT2D eigenvalue weighted by Gasteiger charge is 2.27. The van der Waals surface area contributed by atoms with E-state index in [1.807, 2.05) is 31.4 Å². The number of benzene rings is 1. The van der Waals surface area contributed by atoms with Crippen LogP contribution in [0.2, 0.25) is 5.02 Å². The van der Waals surface area contributed by atoms with Gasteiger partial charge in [0.05, 0.1) is 11.3 Å². The van der Waals surface area contributed by atoms with Crippen LogP contribution in [0.1, 0.15) is 29.1 Å². The fraction of sp³-hybridized carbons (Fsp3) is 0.250. The fourth-order valence-electron chi connectivity index (χ4n) is 1.74. The van der Waals surface area contributed by atoms with E-state index in [1.54, 1.807) is 24.3 Å². The number of halogens is 1. The molecule has 0 bridgehead atoms. The topological polar surface area (TPSA) is 50.2 Å². The molecule has 0 saturated heterocycles. The summed E-state index contributed by atoms with van der Waals surface area (Å²) < 4.78 is 5.33. The molecular weight excluding hydrogens is 306 g/mol. The molecule has 0 radical (unpaired) electrons. The predicted octanol–water partition coefficient (Wildman–Crippen LogP) is 4.65. The Balaban J connectivity index is 1.99. The van der Waals surface area contributed by atoms with E-state index in [4.69, 9.17) is 21.7 Å². The van der Waals surface area contributed by atoms with Crippen LogP contribution in [0.25, 0.3) is 0 Å². The Morgan fingerprint density at radius 3 is 2.52 bits per heavy atom. The molecule has 5 heteroatoms. The summed E-state index contributed by atoms with van der Waals surface area (Å²) in [5.74, 6) is -0.404. The predicted molar refractivity (Wildman–Crippen MR) is 86.7 cm³/mol. The van der Waals surface area contributed by atoms with E-state index >= 15 is 0 Å². The summed E-state index contributed by atoms with van der Waals surface area (Å²) in [4.78, 5) is 12.9. The molecule has 0 saturated carbocycles. The number of hydrogen-bond donors (Lipinski definition) is 1. The molecule has 21 heavy (non-hydrogen) atoms. The van der Waals surface area contributed by atoms with Crippen LogP contribution in [-0.4, -0.2) is 18.3 Å². The van der Waals surface area contributed by atoms with Gasteiger partial charge in [0.2, 0.25) is 0 Å². The number of carbonyl (C=O) groups excluding carboxylic acids is 1. The van der Waals surface area contributed by atoms with Crippen LogP contribution in [0.15, 0.2) is 41.8 Å². The van der Waals surface area contributed by atoms with Crippen molar-refractivity contribution in [3.63, 3.8) is 0 Å². The highest BCUT2D eigenvalue weighted by atomic mass is 35.5. The first-order chi connectivity index (χ1) is 9.90. The van der Waals surface area contributed by atoms with Crippen molar-refractivity contribution in [3.05, 3.63) is 57.2 Å². The molecule has 0 fully saturated rings. The van der Waals surface area contributed by atoms with Gasteiger partial charge in [-0.1, -0.05) is 31.5 Å². The van der Waals surface area contributed by atoms with Gasteiger partial charge < -0.3 is 10.1 Å². The van der Waals surface area contributed by atoms with Crippen molar-refractivity contribution in [2.24, 2.45) is 5.41 Å². The van der Waals surface area contributed by atoms with E-state index in [1.165, 1.54) is 11.3 Å². The number of ether oxygens (including phenoxy) is 1. The van der Waals surface area contributed by atoms with Crippen LogP contribution in [0.5, 0.6) is 0 Å². The van der Waals surface area contributed by atoms with E-state index in [-0.39, 0.29) is 6.61 Å². The Labute approximate surface area is 133 Å². The average molecular weight is 322 g/mol. The Morgan fingerprint density at radius 2 is 1.95 bits per heavy atom. The minimum Gasteiger partial charge on any atom is -0.461 e. The highest BCUT2D eigenvalue weighted by Crippen LogP contribution is 2.25. The summed E-state index contributed by atoms with van der Waals surface area (Å²) in [6.07, 6.45) is 0. The highest BCUT2D eigenvalue weighted by molar-refractivity contribution is 7.12. The van der Waals surface area contributed by atoms with Gasteiger partial charge in [-0.05, 0) is 35.7 Å². The molecule has 1 aromatic carbocycles. The SMILES string of the molecule is CC(C)(COC(=O)c1ccc(Cl)cc1)C(=N)c1cccs1. The van der Waals surface area contributed by atoms with Gasteiger partial charge >= 0.3 is 5.97 Å². The Hall–Kier alpha value is -1.65. The second-order valence-electron chi connectivity index (χ2n) is 5.32. The lowest BCUT2D eigenvalue weighted by atomic mass is 9.87. The number of hydrogen-bond acceptors (Lipinski definition) is 4. The molecule has 0 unspecified atom stereocenters. The number of nitrogens with one attached hydrogen (secondary N) is 1. The summed E-state index contributed by atoms with van der Waals surface area (Å²) >= 11 is 7.30. The van der Waals surface area contributed by atoms with Crippen molar-refractivity contribution in [2.45, 2.75) is 13.8 Å². The van der Waals surface area contributed by atoms with Gasteiger partial charge in [0.25, 0.3) is 0 Å². The fourth-order valence-corrected chi connectivity index (χ4v) is 2.72. The largest absolute Gasteiger partial charge is 0.461 e. The maximum Gasteiger partial charge on any atom is 0.338 e. The molecule has 0 aliphatic rings. The normalized spacial score (nSPS) is 11.2. The van der Waals surface area contributed by atoms with Crippen LogP contribution in [0.3, 0.4) is 0 Å². The molecule has 0 amide bonds. The van der Waals surface area contributed by atoms with Gasteiger partial charge in [-0.3, -0.25) is 0 Å². The van der Waals surface area contributed by atoms with Crippen molar-refractivity contribution in [2.75, 3.05) is 6.61 Å². The maximum absolute atomic E-state index is 12.0. The van der Waals surface area contributed by atoms with Crippen molar-refractivity contribution < 1.29 is 9.53 Å². The Kier molecular flexibility index (Phi) is 4.80. The first kappa shape index (κ1) is 15.7. The zero-order valence-electron chi connectivity index (χ0n) is 11.9. The molecule has 1 N–H and O–H groups in total. The maximum atomic E-state index is 12.0. The zero-order chi connectivity index (χ0) is 15.5. The molecule has 2 aromatic rings. The van der Waals surface area contributed by atoms with E-state index in [0.717, 1.165) is 4.88 Å². The molecule has 0 aliphatic heterocycles. The third kappa shape index (κ3) is 3.93. The van der Waals surface area contributed by atoms with E-state index in [0.29, 0.717) is 16.3 Å². The first-order valence-electron chi connectivity index (χ1n) is 6.46. The molecule has 110 valence electrons. The van der Waals surface area contributed by atoms with Gasteiger partial charge in [0.15, 0.2) is 0 Å². The van der Waals surface area contributed by atoms with Gasteiger partial charge in [-0.25, -0.2) is 4.79 Å². The lowest BCUT2D eigenvalue weighted by Gasteiger charge is -2.24. The van der Waals surface area contributed by atoms with Crippen LogP contribution < -0.4 is 0 Å². The van der Waals surface area contributed by atoms with Crippen molar-refractivity contribution in [1.82, 2.24) is 0 Å². The molecule has 0 atom stereocenters. The number of esters is 1. The van der Waals surface area contributed by atoms with Crippen molar-refractivity contribution in [1.29, 1.82) is 5.41 Å². The van der Waals surface area contributed by atoms with Gasteiger partial charge in [-0.15, -0.1) is 11.3 Å². The van der Waals surface area contributed by atoms with Gasteiger partial charge in [0, 0.05) is 15.3 Å². The summed E-state index contributed by atoms with van der Waals surface area (Å²) in [6, 6.07) is 10.4. The number of carbonyl (C=O) groups is 1. The third-order valence-corrected chi connectivity index (χ3v) is 4.23. The second-order valence-corrected chi connectivity index (χ2v) is 6.70. The monoisotopic (exact) mass is 321 g/mol. The van der Waals surface area contributed by atoms with Gasteiger partial charge in [-0.2, -0.15) is 0 Å². The lowest BCUT2D eigenvalue weighted by molar-refractivity contribution is 0.0418. The molecular formula is C16H16ClNO2S. The molecule has 1 heterocycles. The van der Waals surface area contributed by atoms with Crippen LogP contribution >= 0.6 is 22.9 Å². The Morgan fingerprint density at radius 1 is 1.29 bits per heavy atom. The molecule has 0 aliphatic carbocycles. The number of thiophene rings is 1. The average Bonchev–Trinajstić information content (AvgIpc) is 2.99. The smallest absolute Gasteiger partial charge is 0.338 e. The minimum atomic E-state index is -0.535. The molecule has 0 spiro atoms. The number of rotatable bonds is 5. The lowest BCUT2D eigenvalue weighted by Crippen LogP contribution is -2.30.